The van der Waals surface area contributed by atoms with Crippen molar-refractivity contribution in [3.05, 3.63) is 39.5 Å². The van der Waals surface area contributed by atoms with E-state index in [9.17, 15) is 14.9 Å². The Morgan fingerprint density at radius 3 is 2.82 bits per heavy atom. The van der Waals surface area contributed by atoms with E-state index in [1.54, 1.807) is 0 Å². The number of carbonyl (C=O) groups is 1. The molecule has 0 spiro atoms. The summed E-state index contributed by atoms with van der Waals surface area (Å²) < 4.78 is 0. The molecule has 0 aliphatic heterocycles. The van der Waals surface area contributed by atoms with Gasteiger partial charge in [-0.3, -0.25) is 19.9 Å². The monoisotopic (exact) mass is 231 g/mol. The van der Waals surface area contributed by atoms with Crippen LogP contribution in [0.3, 0.4) is 0 Å². The van der Waals surface area contributed by atoms with Crippen LogP contribution in [-0.2, 0) is 4.79 Å². The minimum Gasteiger partial charge on any atom is -0.368 e. The van der Waals surface area contributed by atoms with E-state index in [1.807, 2.05) is 0 Å². The van der Waals surface area contributed by atoms with Crippen LogP contribution in [0.1, 0.15) is 11.6 Å². The smallest absolute Gasteiger partial charge is 0.282 e. The average Bonchev–Trinajstić information content (AvgIpc) is 2.29. The lowest BCUT2D eigenvalue weighted by molar-refractivity contribution is -0.385. The zero-order valence-electron chi connectivity index (χ0n) is 8.32. The van der Waals surface area contributed by atoms with Crippen LogP contribution >= 0.6 is 0 Å². The third-order valence-corrected chi connectivity index (χ3v) is 1.90. The number of hydrogen-bond acceptors (Lipinski definition) is 5. The Morgan fingerprint density at radius 2 is 2.41 bits per heavy atom. The molecule has 0 saturated carbocycles. The van der Waals surface area contributed by atoms with Crippen molar-refractivity contribution in [3.8, 4) is 6.07 Å². The van der Waals surface area contributed by atoms with Crippen LogP contribution in [-0.4, -0.2) is 15.8 Å². The lowest BCUT2D eigenvalue weighted by Gasteiger charge is -2.04. The van der Waals surface area contributed by atoms with Gasteiger partial charge in [-0.1, -0.05) is 0 Å². The average molecular weight is 231 g/mol. The molecule has 2 N–H and O–H groups in total. The standard InChI is InChI=1S/C9H5N5O3/c1-12-5-2-7(14(16)17)8(13-4-5)6(3-10)9(11)15/h2,4,6H,(H2,11,15). The number of nitrogens with zero attached hydrogens (tertiary/aromatic N) is 4. The first-order valence-corrected chi connectivity index (χ1v) is 4.22. The van der Waals surface area contributed by atoms with Gasteiger partial charge in [0, 0.05) is 12.3 Å². The van der Waals surface area contributed by atoms with Crippen LogP contribution in [0.25, 0.3) is 4.85 Å². The van der Waals surface area contributed by atoms with Gasteiger partial charge < -0.3 is 5.73 Å². The topological polar surface area (TPSA) is 127 Å². The third-order valence-electron chi connectivity index (χ3n) is 1.90. The molecule has 1 amide bonds. The molecule has 0 aliphatic carbocycles. The van der Waals surface area contributed by atoms with Gasteiger partial charge in [0.05, 0.1) is 17.6 Å². The van der Waals surface area contributed by atoms with Crippen molar-refractivity contribution in [1.82, 2.24) is 4.98 Å². The molecule has 17 heavy (non-hydrogen) atoms. The molecule has 0 aliphatic rings. The zero-order chi connectivity index (χ0) is 13.0. The second-order valence-corrected chi connectivity index (χ2v) is 2.93. The molecule has 1 aromatic rings. The summed E-state index contributed by atoms with van der Waals surface area (Å²) in [6.07, 6.45) is 1.04. The lowest BCUT2D eigenvalue weighted by Crippen LogP contribution is -2.21. The summed E-state index contributed by atoms with van der Waals surface area (Å²) in [5.74, 6) is -2.53. The molecule has 0 aromatic carbocycles. The Balaban J connectivity index is 3.44. The summed E-state index contributed by atoms with van der Waals surface area (Å²) in [5.41, 5.74) is 3.96. The molecule has 84 valence electrons. The second kappa shape index (κ2) is 4.68. The Bertz CT molecular complexity index is 569. The minimum absolute atomic E-state index is 0.0541. The maximum absolute atomic E-state index is 10.9. The first-order chi connectivity index (χ1) is 8.01. The predicted molar refractivity (Wildman–Crippen MR) is 54.7 cm³/mol. The molecule has 0 bridgehead atoms. The number of nitro groups is 1. The van der Waals surface area contributed by atoms with Gasteiger partial charge in [0.2, 0.25) is 11.6 Å². The highest BCUT2D eigenvalue weighted by Crippen LogP contribution is 2.27. The molecule has 1 aromatic heterocycles. The molecule has 1 rings (SSSR count). The fourth-order valence-corrected chi connectivity index (χ4v) is 1.14. The third kappa shape index (κ3) is 2.33. The summed E-state index contributed by atoms with van der Waals surface area (Å²) in [6.45, 7) is 6.69. The van der Waals surface area contributed by atoms with Crippen LogP contribution < -0.4 is 5.73 Å². The van der Waals surface area contributed by atoms with Crippen LogP contribution in [0.5, 0.6) is 0 Å². The van der Waals surface area contributed by atoms with Gasteiger partial charge in [-0.05, 0) is 0 Å². The summed E-state index contributed by atoms with van der Waals surface area (Å²) in [6, 6.07) is 2.48. The summed E-state index contributed by atoms with van der Waals surface area (Å²) in [4.78, 5) is 27.4. The quantitative estimate of drug-likeness (QED) is 0.463. The van der Waals surface area contributed by atoms with Crippen LogP contribution in [0.4, 0.5) is 11.4 Å². The first kappa shape index (κ1) is 12.1. The minimum atomic E-state index is -1.50. The van der Waals surface area contributed by atoms with E-state index in [0.29, 0.717) is 0 Å². The molecular formula is C9H5N5O3. The van der Waals surface area contributed by atoms with E-state index >= 15 is 0 Å². The highest BCUT2D eigenvalue weighted by atomic mass is 16.6. The second-order valence-electron chi connectivity index (χ2n) is 2.93. The molecule has 0 saturated heterocycles. The van der Waals surface area contributed by atoms with Crippen molar-refractivity contribution in [2.45, 2.75) is 5.92 Å². The van der Waals surface area contributed by atoms with E-state index in [4.69, 9.17) is 17.6 Å². The van der Waals surface area contributed by atoms with Gasteiger partial charge >= 0.3 is 0 Å². The van der Waals surface area contributed by atoms with Crippen LogP contribution in [0.2, 0.25) is 0 Å². The fraction of sp³-hybridized carbons (Fsp3) is 0.111. The Morgan fingerprint density at radius 1 is 1.76 bits per heavy atom. The highest BCUT2D eigenvalue weighted by molar-refractivity contribution is 5.85. The van der Waals surface area contributed by atoms with Gasteiger partial charge in [0.15, 0.2) is 5.92 Å². The number of aromatic nitrogens is 1. The Labute approximate surface area is 95.3 Å². The molecule has 8 heteroatoms. The Hall–Kier alpha value is -3.00. The van der Waals surface area contributed by atoms with E-state index < -0.39 is 22.4 Å². The fourth-order valence-electron chi connectivity index (χ4n) is 1.14. The number of nitriles is 1. The summed E-state index contributed by atoms with van der Waals surface area (Å²) >= 11 is 0. The van der Waals surface area contributed by atoms with E-state index in [1.165, 1.54) is 6.07 Å². The molecule has 0 fully saturated rings. The SMILES string of the molecule is [C-]#[N+]c1cnc(C(C#N)C(N)=O)c([N+](=O)[O-])c1. The van der Waals surface area contributed by atoms with E-state index in [0.717, 1.165) is 12.3 Å². The summed E-state index contributed by atoms with van der Waals surface area (Å²) in [7, 11) is 0. The molecule has 0 radical (unpaired) electrons. The van der Waals surface area contributed by atoms with Gasteiger partial charge in [0.25, 0.3) is 5.69 Å². The zero-order valence-corrected chi connectivity index (χ0v) is 8.32. The van der Waals surface area contributed by atoms with Gasteiger partial charge in [-0.15, -0.1) is 0 Å². The van der Waals surface area contributed by atoms with Crippen molar-refractivity contribution < 1.29 is 9.72 Å². The van der Waals surface area contributed by atoms with Gasteiger partial charge in [0.1, 0.15) is 5.69 Å². The first-order valence-electron chi connectivity index (χ1n) is 4.22. The predicted octanol–water partition coefficient (Wildman–Crippen LogP) is 0.633. The van der Waals surface area contributed by atoms with Crippen molar-refractivity contribution >= 4 is 17.3 Å². The van der Waals surface area contributed by atoms with Gasteiger partial charge in [-0.25, -0.2) is 4.85 Å². The van der Waals surface area contributed by atoms with Gasteiger partial charge in [-0.2, -0.15) is 5.26 Å². The van der Waals surface area contributed by atoms with E-state index in [-0.39, 0.29) is 11.4 Å². The highest BCUT2D eigenvalue weighted by Gasteiger charge is 2.28. The number of hydrogen-bond donors (Lipinski definition) is 1. The van der Waals surface area contributed by atoms with Crippen LogP contribution in [0.15, 0.2) is 12.3 Å². The number of rotatable bonds is 3. The number of amides is 1. The molecule has 1 heterocycles. The molecular weight excluding hydrogens is 226 g/mol. The number of primary amides is 1. The maximum atomic E-state index is 10.9. The Kier molecular flexibility index (Phi) is 3.32. The van der Waals surface area contributed by atoms with Crippen molar-refractivity contribution in [2.75, 3.05) is 0 Å². The van der Waals surface area contributed by atoms with E-state index in [2.05, 4.69) is 9.83 Å². The normalized spacial score (nSPS) is 10.9. The number of pyridine rings is 1. The van der Waals surface area contributed by atoms with Crippen molar-refractivity contribution in [3.63, 3.8) is 0 Å². The molecule has 1 atom stereocenters. The number of carbonyl (C=O) groups excluding carboxylic acids is 1. The molecule has 1 unspecified atom stereocenters. The number of nitrogens with two attached hydrogens (primary N) is 1. The summed E-state index contributed by atoms with van der Waals surface area (Å²) in [5, 5.41) is 19.4. The largest absolute Gasteiger partial charge is 0.368 e. The lowest BCUT2D eigenvalue weighted by atomic mass is 10.0. The van der Waals surface area contributed by atoms with Crippen molar-refractivity contribution in [2.24, 2.45) is 5.73 Å². The molecule has 8 nitrogen and oxygen atoms in total. The van der Waals surface area contributed by atoms with Crippen LogP contribution in [0, 0.1) is 28.0 Å². The maximum Gasteiger partial charge on any atom is 0.282 e. The van der Waals surface area contributed by atoms with Crippen molar-refractivity contribution in [1.29, 1.82) is 5.26 Å².